The lowest BCUT2D eigenvalue weighted by Crippen LogP contribution is -2.61. The van der Waals surface area contributed by atoms with Gasteiger partial charge in [-0.2, -0.15) is 0 Å². The molecular weight excluding hydrogens is 203 g/mol. The Balaban J connectivity index is 1.97. The van der Waals surface area contributed by atoms with Gasteiger partial charge in [0.15, 0.2) is 6.17 Å². The summed E-state index contributed by atoms with van der Waals surface area (Å²) in [7, 11) is 4.46. The Labute approximate surface area is 99.0 Å². The van der Waals surface area contributed by atoms with Crippen LogP contribution >= 0.6 is 0 Å². The summed E-state index contributed by atoms with van der Waals surface area (Å²) in [5.74, 6) is 0.275. The molecule has 3 atom stereocenters. The Morgan fingerprint density at radius 3 is 2.38 bits per heavy atom. The molecule has 3 heteroatoms. The third-order valence-electron chi connectivity index (χ3n) is 4.87. The molecule has 2 rings (SSSR count). The summed E-state index contributed by atoms with van der Waals surface area (Å²) in [5.41, 5.74) is 0. The Kier molecular flexibility index (Phi) is 3.55. The van der Waals surface area contributed by atoms with Gasteiger partial charge in [-0.1, -0.05) is 6.92 Å². The van der Waals surface area contributed by atoms with Crippen LogP contribution in [0.25, 0.3) is 0 Å². The van der Waals surface area contributed by atoms with E-state index in [4.69, 9.17) is 0 Å². The van der Waals surface area contributed by atoms with E-state index in [0.29, 0.717) is 6.04 Å². The summed E-state index contributed by atoms with van der Waals surface area (Å²) >= 11 is 0. The van der Waals surface area contributed by atoms with E-state index >= 15 is 0 Å². The highest BCUT2D eigenvalue weighted by atomic mass is 19.1. The van der Waals surface area contributed by atoms with Crippen molar-refractivity contribution >= 4 is 0 Å². The zero-order valence-electron chi connectivity index (χ0n) is 11.0. The van der Waals surface area contributed by atoms with Gasteiger partial charge in [0.25, 0.3) is 0 Å². The number of piperidine rings is 2. The van der Waals surface area contributed by atoms with Gasteiger partial charge in [0.2, 0.25) is 0 Å². The molecule has 2 unspecified atom stereocenters. The predicted octanol–water partition coefficient (Wildman–Crippen LogP) is 1.91. The van der Waals surface area contributed by atoms with Gasteiger partial charge in [-0.15, -0.1) is 0 Å². The van der Waals surface area contributed by atoms with Crippen LogP contribution in [0.15, 0.2) is 0 Å². The Morgan fingerprint density at radius 2 is 1.81 bits per heavy atom. The highest BCUT2D eigenvalue weighted by molar-refractivity contribution is 4.76. The van der Waals surface area contributed by atoms with Crippen LogP contribution in [0.1, 0.15) is 26.2 Å². The van der Waals surface area contributed by atoms with E-state index in [1.165, 1.54) is 32.5 Å². The standard InChI is InChI=1S/C13H26FN2/c1-11-6-9-16(3,10-13(11)14)12-4-7-15(2)8-5-12/h11-13H,4-10H2,1-3H3/q+1/t11?,13?,16-/m0/s1. The zero-order chi connectivity index (χ0) is 11.8. The van der Waals surface area contributed by atoms with Gasteiger partial charge in [-0.05, 0) is 13.0 Å². The van der Waals surface area contributed by atoms with E-state index in [9.17, 15) is 4.39 Å². The second-order valence-electron chi connectivity index (χ2n) is 6.20. The second-order valence-corrected chi connectivity index (χ2v) is 6.20. The predicted molar refractivity (Wildman–Crippen MR) is 65.1 cm³/mol. The molecule has 0 bridgehead atoms. The average molecular weight is 229 g/mol. The van der Waals surface area contributed by atoms with Gasteiger partial charge in [0.1, 0.15) is 6.54 Å². The van der Waals surface area contributed by atoms with Crippen molar-refractivity contribution in [2.24, 2.45) is 5.92 Å². The first-order chi connectivity index (χ1) is 7.51. The molecule has 0 N–H and O–H groups in total. The van der Waals surface area contributed by atoms with Gasteiger partial charge < -0.3 is 9.38 Å². The Morgan fingerprint density at radius 1 is 1.19 bits per heavy atom. The first-order valence-electron chi connectivity index (χ1n) is 6.68. The first kappa shape index (κ1) is 12.3. The Bertz CT molecular complexity index is 238. The van der Waals surface area contributed by atoms with Crippen molar-refractivity contribution in [1.29, 1.82) is 0 Å². The lowest BCUT2D eigenvalue weighted by atomic mass is 9.91. The molecule has 2 fully saturated rings. The van der Waals surface area contributed by atoms with Gasteiger partial charge >= 0.3 is 0 Å². The van der Waals surface area contributed by atoms with Gasteiger partial charge in [0.05, 0.1) is 19.6 Å². The van der Waals surface area contributed by atoms with E-state index in [-0.39, 0.29) is 5.92 Å². The third-order valence-corrected chi connectivity index (χ3v) is 4.87. The third kappa shape index (κ3) is 2.40. The first-order valence-corrected chi connectivity index (χ1v) is 6.68. The number of rotatable bonds is 1. The monoisotopic (exact) mass is 229 g/mol. The van der Waals surface area contributed by atoms with Crippen molar-refractivity contribution in [1.82, 2.24) is 4.90 Å². The number of likely N-dealkylation sites (tertiary alicyclic amines) is 2. The smallest absolute Gasteiger partial charge is 0.151 e. The highest BCUT2D eigenvalue weighted by Crippen LogP contribution is 2.30. The van der Waals surface area contributed by atoms with Gasteiger partial charge in [-0.25, -0.2) is 4.39 Å². The average Bonchev–Trinajstić information content (AvgIpc) is 2.25. The van der Waals surface area contributed by atoms with Crippen LogP contribution < -0.4 is 0 Å². The highest BCUT2D eigenvalue weighted by Gasteiger charge is 2.41. The maximum absolute atomic E-state index is 13.9. The minimum Gasteiger partial charge on any atom is -0.321 e. The molecule has 0 aromatic carbocycles. The molecule has 0 aliphatic carbocycles. The fourth-order valence-corrected chi connectivity index (χ4v) is 3.30. The molecule has 0 saturated carbocycles. The SMILES string of the molecule is CC1CC[N@+](C)(C2CCN(C)CC2)CC1F. The lowest BCUT2D eigenvalue weighted by molar-refractivity contribution is -0.942. The van der Waals surface area contributed by atoms with Crippen molar-refractivity contribution in [3.05, 3.63) is 0 Å². The lowest BCUT2D eigenvalue weighted by Gasteiger charge is -2.48. The molecule has 0 amide bonds. The molecule has 94 valence electrons. The molecule has 0 spiro atoms. The minimum atomic E-state index is -0.585. The van der Waals surface area contributed by atoms with Crippen LogP contribution in [0, 0.1) is 5.92 Å². The summed E-state index contributed by atoms with van der Waals surface area (Å²) in [6, 6.07) is 0.696. The normalized spacial score (nSPS) is 43.5. The second kappa shape index (κ2) is 4.61. The summed E-state index contributed by atoms with van der Waals surface area (Å²) in [6.45, 7) is 6.35. The van der Waals surface area contributed by atoms with E-state index in [1.807, 2.05) is 0 Å². The molecule has 2 aliphatic rings. The van der Waals surface area contributed by atoms with Crippen molar-refractivity contribution < 1.29 is 8.87 Å². The van der Waals surface area contributed by atoms with E-state index in [0.717, 1.165) is 17.4 Å². The number of hydrogen-bond acceptors (Lipinski definition) is 1. The molecule has 2 heterocycles. The van der Waals surface area contributed by atoms with Crippen molar-refractivity contribution in [3.8, 4) is 0 Å². The Hall–Kier alpha value is -0.150. The van der Waals surface area contributed by atoms with Crippen molar-refractivity contribution in [2.45, 2.75) is 38.4 Å². The number of quaternary nitrogens is 1. The molecule has 0 radical (unpaired) electrons. The van der Waals surface area contributed by atoms with E-state index < -0.39 is 6.17 Å². The number of alkyl halides is 1. The molecule has 0 aromatic heterocycles. The number of halogens is 1. The van der Waals surface area contributed by atoms with Crippen molar-refractivity contribution in [3.63, 3.8) is 0 Å². The van der Waals surface area contributed by atoms with E-state index in [1.54, 1.807) is 0 Å². The van der Waals surface area contributed by atoms with Crippen molar-refractivity contribution in [2.75, 3.05) is 40.3 Å². The van der Waals surface area contributed by atoms with Gasteiger partial charge in [-0.3, -0.25) is 0 Å². The fourth-order valence-electron chi connectivity index (χ4n) is 3.30. The molecule has 2 saturated heterocycles. The zero-order valence-corrected chi connectivity index (χ0v) is 11.0. The number of hydrogen-bond donors (Lipinski definition) is 0. The number of nitrogens with zero attached hydrogens (tertiary/aromatic N) is 2. The van der Waals surface area contributed by atoms with Crippen LogP contribution in [-0.2, 0) is 0 Å². The quantitative estimate of drug-likeness (QED) is 0.621. The molecule has 0 aromatic rings. The van der Waals surface area contributed by atoms with Crippen LogP contribution in [0.4, 0.5) is 4.39 Å². The molecule has 16 heavy (non-hydrogen) atoms. The molecule has 2 nitrogen and oxygen atoms in total. The summed E-state index contributed by atoms with van der Waals surface area (Å²) in [5, 5.41) is 0. The fraction of sp³-hybridized carbons (Fsp3) is 1.00. The summed E-state index contributed by atoms with van der Waals surface area (Å²) in [4.78, 5) is 2.39. The topological polar surface area (TPSA) is 3.24 Å². The van der Waals surface area contributed by atoms with Crippen LogP contribution in [0.3, 0.4) is 0 Å². The summed E-state index contributed by atoms with van der Waals surface area (Å²) in [6.07, 6.45) is 2.96. The maximum Gasteiger partial charge on any atom is 0.151 e. The summed E-state index contributed by atoms with van der Waals surface area (Å²) < 4.78 is 14.9. The van der Waals surface area contributed by atoms with Gasteiger partial charge in [0, 0.05) is 32.4 Å². The molecule has 2 aliphatic heterocycles. The maximum atomic E-state index is 13.9. The molecular formula is C13H26FN2+. The van der Waals surface area contributed by atoms with E-state index in [2.05, 4.69) is 25.9 Å². The van der Waals surface area contributed by atoms with Crippen LogP contribution in [-0.4, -0.2) is 61.9 Å². The largest absolute Gasteiger partial charge is 0.321 e. The minimum absolute atomic E-state index is 0.275. The van der Waals surface area contributed by atoms with Crippen LogP contribution in [0.5, 0.6) is 0 Å². The van der Waals surface area contributed by atoms with Crippen LogP contribution in [0.2, 0.25) is 0 Å².